The molecule has 6 nitrogen and oxygen atoms in total. The quantitative estimate of drug-likeness (QED) is 0.292. The highest BCUT2D eigenvalue weighted by Gasteiger charge is 2.13. The lowest BCUT2D eigenvalue weighted by molar-refractivity contribution is 0.0956. The van der Waals surface area contributed by atoms with Crippen LogP contribution < -0.4 is 14.9 Å². The van der Waals surface area contributed by atoms with Crippen molar-refractivity contribution in [2.24, 2.45) is 5.10 Å². The minimum Gasteiger partial charge on any atom is -0.490 e. The van der Waals surface area contributed by atoms with Gasteiger partial charge >= 0.3 is 0 Å². The third kappa shape index (κ3) is 5.18. The molecule has 4 rings (SSSR count). The van der Waals surface area contributed by atoms with Crippen LogP contribution in [0.3, 0.4) is 0 Å². The Balaban J connectivity index is 1.59. The molecular formula is C27H25N3O3. The molecule has 0 atom stereocenters. The fraction of sp³-hybridized carbons (Fsp3) is 0.148. The Morgan fingerprint density at radius 3 is 2.42 bits per heavy atom. The van der Waals surface area contributed by atoms with Crippen LogP contribution in [0.4, 0.5) is 0 Å². The fourth-order valence-corrected chi connectivity index (χ4v) is 3.49. The smallest absolute Gasteiger partial charge is 0.272 e. The summed E-state index contributed by atoms with van der Waals surface area (Å²) in [5.74, 6) is 1.01. The molecule has 166 valence electrons. The predicted molar refractivity (Wildman–Crippen MR) is 131 cm³/mol. The van der Waals surface area contributed by atoms with Crippen molar-refractivity contribution >= 4 is 23.0 Å². The number of hydrazone groups is 1. The number of fused-ring (bicyclic) bond motifs is 1. The van der Waals surface area contributed by atoms with E-state index in [0.717, 1.165) is 27.7 Å². The van der Waals surface area contributed by atoms with Crippen LogP contribution in [0.2, 0.25) is 0 Å². The van der Waals surface area contributed by atoms with Crippen LogP contribution in [0.25, 0.3) is 22.2 Å². The van der Waals surface area contributed by atoms with Crippen molar-refractivity contribution in [1.82, 2.24) is 10.4 Å². The van der Waals surface area contributed by atoms with Gasteiger partial charge < -0.3 is 9.47 Å². The zero-order chi connectivity index (χ0) is 23.0. The normalized spacial score (nSPS) is 11.0. The van der Waals surface area contributed by atoms with E-state index < -0.39 is 0 Å². The molecule has 4 aromatic rings. The van der Waals surface area contributed by atoms with Crippen LogP contribution in [0.1, 0.15) is 29.8 Å². The number of para-hydroxylation sites is 1. The van der Waals surface area contributed by atoms with Crippen molar-refractivity contribution in [1.29, 1.82) is 0 Å². The van der Waals surface area contributed by atoms with Gasteiger partial charge in [0.2, 0.25) is 0 Å². The standard InChI is InChI=1S/C27H25N3O3/c1-3-32-25-15-14-19(16-26(25)33-4-2)18-28-30-27(31)22-17-24(20-10-6-5-7-11-20)29-23-13-9-8-12-21(22)23/h5-18H,3-4H2,1-2H3,(H,30,31)/b28-18+. The van der Waals surface area contributed by atoms with Crippen molar-refractivity contribution < 1.29 is 14.3 Å². The van der Waals surface area contributed by atoms with E-state index >= 15 is 0 Å². The van der Waals surface area contributed by atoms with Gasteiger partial charge in [0.1, 0.15) is 0 Å². The van der Waals surface area contributed by atoms with Crippen LogP contribution in [0, 0.1) is 0 Å². The van der Waals surface area contributed by atoms with Gasteiger partial charge in [-0.05, 0) is 49.7 Å². The Labute approximate surface area is 192 Å². The van der Waals surface area contributed by atoms with E-state index in [0.29, 0.717) is 30.3 Å². The molecule has 1 N–H and O–H groups in total. The Hall–Kier alpha value is -4.19. The predicted octanol–water partition coefficient (Wildman–Crippen LogP) is 5.46. The summed E-state index contributed by atoms with van der Waals surface area (Å²) in [6, 6.07) is 24.7. The van der Waals surface area contributed by atoms with Crippen molar-refractivity contribution in [3.05, 3.63) is 90.0 Å². The Kier molecular flexibility index (Phi) is 6.95. The number of aromatic nitrogens is 1. The molecular weight excluding hydrogens is 414 g/mol. The highest BCUT2D eigenvalue weighted by Crippen LogP contribution is 2.28. The number of nitrogens with zero attached hydrogens (tertiary/aromatic N) is 2. The van der Waals surface area contributed by atoms with E-state index in [2.05, 4.69) is 10.5 Å². The topological polar surface area (TPSA) is 72.8 Å². The number of rotatable bonds is 8. The molecule has 1 aromatic heterocycles. The molecule has 0 aliphatic rings. The molecule has 3 aromatic carbocycles. The SMILES string of the molecule is CCOc1ccc(/C=N/NC(=O)c2cc(-c3ccccc3)nc3ccccc23)cc1OCC. The minimum absolute atomic E-state index is 0.307. The van der Waals surface area contributed by atoms with Crippen molar-refractivity contribution in [3.63, 3.8) is 0 Å². The molecule has 0 spiro atoms. The van der Waals surface area contributed by atoms with E-state index in [1.165, 1.54) is 0 Å². The highest BCUT2D eigenvalue weighted by atomic mass is 16.5. The van der Waals surface area contributed by atoms with Crippen molar-refractivity contribution in [3.8, 4) is 22.8 Å². The summed E-state index contributed by atoms with van der Waals surface area (Å²) in [6.07, 6.45) is 1.58. The van der Waals surface area contributed by atoms with Crippen LogP contribution in [0.15, 0.2) is 84.0 Å². The second-order valence-corrected chi connectivity index (χ2v) is 7.21. The maximum atomic E-state index is 13.0. The van der Waals surface area contributed by atoms with Gasteiger partial charge in [0.15, 0.2) is 11.5 Å². The number of pyridine rings is 1. The Bertz CT molecular complexity index is 1290. The van der Waals surface area contributed by atoms with E-state index in [1.54, 1.807) is 12.3 Å². The lowest BCUT2D eigenvalue weighted by Gasteiger charge is -2.11. The Morgan fingerprint density at radius 2 is 1.64 bits per heavy atom. The number of amides is 1. The number of hydrogen-bond acceptors (Lipinski definition) is 5. The second-order valence-electron chi connectivity index (χ2n) is 7.21. The minimum atomic E-state index is -0.307. The maximum absolute atomic E-state index is 13.0. The zero-order valence-electron chi connectivity index (χ0n) is 18.6. The summed E-state index contributed by atoms with van der Waals surface area (Å²) in [5.41, 5.74) is 6.36. The van der Waals surface area contributed by atoms with Gasteiger partial charge in [0.05, 0.1) is 36.2 Å². The lowest BCUT2D eigenvalue weighted by Crippen LogP contribution is -2.18. The number of benzene rings is 3. The second kappa shape index (κ2) is 10.4. The molecule has 1 amide bonds. The summed E-state index contributed by atoms with van der Waals surface area (Å²) >= 11 is 0. The Morgan fingerprint density at radius 1 is 0.909 bits per heavy atom. The van der Waals surface area contributed by atoms with E-state index in [-0.39, 0.29) is 5.91 Å². The molecule has 0 aliphatic heterocycles. The third-order valence-electron chi connectivity index (χ3n) is 4.98. The number of ether oxygens (including phenoxy) is 2. The lowest BCUT2D eigenvalue weighted by atomic mass is 10.0. The zero-order valence-corrected chi connectivity index (χ0v) is 18.6. The maximum Gasteiger partial charge on any atom is 0.272 e. The van der Waals surface area contributed by atoms with Crippen LogP contribution in [-0.2, 0) is 0 Å². The van der Waals surface area contributed by atoms with Gasteiger partial charge in [0, 0.05) is 10.9 Å². The van der Waals surface area contributed by atoms with E-state index in [1.807, 2.05) is 86.6 Å². The summed E-state index contributed by atoms with van der Waals surface area (Å²) in [4.78, 5) is 17.8. The first-order valence-electron chi connectivity index (χ1n) is 10.9. The van der Waals surface area contributed by atoms with Crippen LogP contribution >= 0.6 is 0 Å². The number of nitrogens with one attached hydrogen (secondary N) is 1. The van der Waals surface area contributed by atoms with Gasteiger partial charge in [-0.15, -0.1) is 0 Å². The van der Waals surface area contributed by atoms with Gasteiger partial charge in [-0.2, -0.15) is 5.10 Å². The van der Waals surface area contributed by atoms with Gasteiger partial charge in [-0.3, -0.25) is 4.79 Å². The van der Waals surface area contributed by atoms with Crippen LogP contribution in [0.5, 0.6) is 11.5 Å². The molecule has 0 saturated carbocycles. The summed E-state index contributed by atoms with van der Waals surface area (Å²) in [7, 11) is 0. The molecule has 0 radical (unpaired) electrons. The largest absolute Gasteiger partial charge is 0.490 e. The first kappa shape index (κ1) is 22.0. The molecule has 0 unspecified atom stereocenters. The molecule has 0 aliphatic carbocycles. The summed E-state index contributed by atoms with van der Waals surface area (Å²) in [5, 5.41) is 4.93. The first-order valence-corrected chi connectivity index (χ1v) is 10.9. The number of hydrogen-bond donors (Lipinski definition) is 1. The molecule has 0 bridgehead atoms. The number of carbonyl (C=O) groups is 1. The van der Waals surface area contributed by atoms with Gasteiger partial charge in [0.25, 0.3) is 5.91 Å². The first-order chi connectivity index (χ1) is 16.2. The number of carbonyl (C=O) groups excluding carboxylic acids is 1. The molecule has 0 saturated heterocycles. The van der Waals surface area contributed by atoms with Crippen molar-refractivity contribution in [2.45, 2.75) is 13.8 Å². The average Bonchev–Trinajstić information content (AvgIpc) is 2.85. The monoisotopic (exact) mass is 439 g/mol. The van der Waals surface area contributed by atoms with E-state index in [4.69, 9.17) is 14.5 Å². The summed E-state index contributed by atoms with van der Waals surface area (Å²) in [6.45, 7) is 4.91. The molecule has 1 heterocycles. The third-order valence-corrected chi connectivity index (χ3v) is 4.98. The average molecular weight is 440 g/mol. The molecule has 0 fully saturated rings. The van der Waals surface area contributed by atoms with Gasteiger partial charge in [-0.1, -0.05) is 48.5 Å². The molecule has 33 heavy (non-hydrogen) atoms. The van der Waals surface area contributed by atoms with Crippen molar-refractivity contribution in [2.75, 3.05) is 13.2 Å². The highest BCUT2D eigenvalue weighted by molar-refractivity contribution is 6.07. The summed E-state index contributed by atoms with van der Waals surface area (Å²) < 4.78 is 11.2. The molecule has 6 heteroatoms. The van der Waals surface area contributed by atoms with Crippen LogP contribution in [-0.4, -0.2) is 30.3 Å². The fourth-order valence-electron chi connectivity index (χ4n) is 3.49. The van der Waals surface area contributed by atoms with Gasteiger partial charge in [-0.25, -0.2) is 10.4 Å². The van der Waals surface area contributed by atoms with E-state index in [9.17, 15) is 4.79 Å².